The normalized spacial score (nSPS) is 10.1. The van der Waals surface area contributed by atoms with E-state index >= 15 is 0 Å². The SMILES string of the molecule is O=C(O)C[n+]1ccc(-c2ccno2)cc1. The molecule has 0 saturated carbocycles. The second kappa shape index (κ2) is 3.91. The Balaban J connectivity index is 2.21. The zero-order valence-electron chi connectivity index (χ0n) is 7.83. The van der Waals surface area contributed by atoms with E-state index in [9.17, 15) is 4.79 Å². The van der Waals surface area contributed by atoms with Crippen LogP contribution in [0.2, 0.25) is 0 Å². The molecular formula is C10H9N2O3+. The molecule has 5 nitrogen and oxygen atoms in total. The van der Waals surface area contributed by atoms with E-state index in [0.717, 1.165) is 5.56 Å². The van der Waals surface area contributed by atoms with Crippen molar-refractivity contribution in [2.75, 3.05) is 0 Å². The van der Waals surface area contributed by atoms with Gasteiger partial charge in [0.15, 0.2) is 18.2 Å². The number of pyridine rings is 1. The lowest BCUT2D eigenvalue weighted by Gasteiger charge is -1.94. The first kappa shape index (κ1) is 9.39. The quantitative estimate of drug-likeness (QED) is 0.749. The molecule has 0 spiro atoms. The lowest BCUT2D eigenvalue weighted by Crippen LogP contribution is -2.36. The predicted octanol–water partition coefficient (Wildman–Crippen LogP) is 0.714. The van der Waals surface area contributed by atoms with Crippen molar-refractivity contribution in [3.05, 3.63) is 36.8 Å². The molecule has 0 saturated heterocycles. The Kier molecular flexibility index (Phi) is 2.45. The lowest BCUT2D eigenvalue weighted by molar-refractivity contribution is -0.685. The first-order valence-corrected chi connectivity index (χ1v) is 4.37. The number of rotatable bonds is 3. The first-order valence-electron chi connectivity index (χ1n) is 4.37. The lowest BCUT2D eigenvalue weighted by atomic mass is 10.2. The van der Waals surface area contributed by atoms with Crippen molar-refractivity contribution < 1.29 is 19.0 Å². The maximum Gasteiger partial charge on any atom is 0.370 e. The Morgan fingerprint density at radius 1 is 1.40 bits per heavy atom. The van der Waals surface area contributed by atoms with Gasteiger partial charge in [-0.25, -0.2) is 4.79 Å². The number of aliphatic carboxylic acids is 1. The monoisotopic (exact) mass is 205 g/mol. The van der Waals surface area contributed by atoms with Gasteiger partial charge in [0.1, 0.15) is 0 Å². The highest BCUT2D eigenvalue weighted by molar-refractivity contribution is 5.64. The van der Waals surface area contributed by atoms with Crippen LogP contribution in [0.15, 0.2) is 41.3 Å². The number of aromatic nitrogens is 2. The number of hydrogen-bond acceptors (Lipinski definition) is 3. The Bertz CT molecular complexity index is 448. The molecule has 15 heavy (non-hydrogen) atoms. The summed E-state index contributed by atoms with van der Waals surface area (Å²) in [5.41, 5.74) is 0.870. The minimum absolute atomic E-state index is 0.0450. The van der Waals surface area contributed by atoms with Crippen molar-refractivity contribution in [3.8, 4) is 11.3 Å². The van der Waals surface area contributed by atoms with E-state index in [0.29, 0.717) is 5.76 Å². The third kappa shape index (κ3) is 2.19. The van der Waals surface area contributed by atoms with Gasteiger partial charge in [0, 0.05) is 23.8 Å². The van der Waals surface area contributed by atoms with E-state index in [1.807, 2.05) is 0 Å². The Labute approximate surface area is 85.6 Å². The predicted molar refractivity (Wildman–Crippen MR) is 49.8 cm³/mol. The average Bonchev–Trinajstić information content (AvgIpc) is 2.71. The van der Waals surface area contributed by atoms with Crippen LogP contribution < -0.4 is 4.57 Å². The van der Waals surface area contributed by atoms with Crippen molar-refractivity contribution in [2.24, 2.45) is 0 Å². The molecule has 0 aromatic carbocycles. The number of hydrogen-bond donors (Lipinski definition) is 1. The second-order valence-electron chi connectivity index (χ2n) is 3.03. The first-order chi connectivity index (χ1) is 7.25. The fourth-order valence-corrected chi connectivity index (χ4v) is 1.25. The second-order valence-corrected chi connectivity index (χ2v) is 3.03. The molecule has 0 radical (unpaired) electrons. The summed E-state index contributed by atoms with van der Waals surface area (Å²) in [5, 5.41) is 12.2. The van der Waals surface area contributed by atoms with Crippen molar-refractivity contribution in [3.63, 3.8) is 0 Å². The minimum atomic E-state index is -0.868. The highest BCUT2D eigenvalue weighted by atomic mass is 16.5. The van der Waals surface area contributed by atoms with Gasteiger partial charge in [-0.3, -0.25) is 0 Å². The molecule has 2 aromatic rings. The van der Waals surface area contributed by atoms with Crippen molar-refractivity contribution in [2.45, 2.75) is 6.54 Å². The van der Waals surface area contributed by atoms with Crippen LogP contribution in [0.3, 0.4) is 0 Å². The molecule has 0 bridgehead atoms. The molecule has 5 heteroatoms. The fraction of sp³-hybridized carbons (Fsp3) is 0.100. The van der Waals surface area contributed by atoms with Crippen molar-refractivity contribution >= 4 is 5.97 Å². The molecule has 0 aliphatic heterocycles. The van der Waals surface area contributed by atoms with E-state index < -0.39 is 5.97 Å². The summed E-state index contributed by atoms with van der Waals surface area (Å²) >= 11 is 0. The van der Waals surface area contributed by atoms with Crippen molar-refractivity contribution in [1.82, 2.24) is 5.16 Å². The van der Waals surface area contributed by atoms with E-state index in [4.69, 9.17) is 9.63 Å². The van der Waals surface area contributed by atoms with Crippen LogP contribution in [0.1, 0.15) is 0 Å². The van der Waals surface area contributed by atoms with Gasteiger partial charge >= 0.3 is 5.97 Å². The van der Waals surface area contributed by atoms with Gasteiger partial charge < -0.3 is 9.63 Å². The van der Waals surface area contributed by atoms with E-state index in [1.54, 1.807) is 41.4 Å². The number of carbonyl (C=O) groups is 1. The molecule has 2 heterocycles. The van der Waals surface area contributed by atoms with Crippen LogP contribution in [0.5, 0.6) is 0 Å². The molecule has 0 fully saturated rings. The van der Waals surface area contributed by atoms with Crippen LogP contribution in [-0.2, 0) is 11.3 Å². The van der Waals surface area contributed by atoms with E-state index in [2.05, 4.69) is 5.16 Å². The minimum Gasteiger partial charge on any atom is -0.477 e. The topological polar surface area (TPSA) is 67.2 Å². The fourth-order valence-electron chi connectivity index (χ4n) is 1.25. The van der Waals surface area contributed by atoms with E-state index in [1.165, 1.54) is 0 Å². The molecule has 2 aromatic heterocycles. The van der Waals surface area contributed by atoms with Crippen molar-refractivity contribution in [1.29, 1.82) is 0 Å². The van der Waals surface area contributed by atoms with Gasteiger partial charge in [0.05, 0.1) is 6.20 Å². The summed E-state index contributed by atoms with van der Waals surface area (Å²) in [5.74, 6) is -0.204. The summed E-state index contributed by atoms with van der Waals surface area (Å²) < 4.78 is 6.54. The smallest absolute Gasteiger partial charge is 0.370 e. The Hall–Kier alpha value is -2.17. The summed E-state index contributed by atoms with van der Waals surface area (Å²) in [7, 11) is 0. The standard InChI is InChI=1S/C10H8N2O3/c13-10(14)7-12-5-2-8(3-6-12)9-1-4-11-15-9/h1-6H,7H2/p+1. The number of carboxylic acids is 1. The van der Waals surface area contributed by atoms with Gasteiger partial charge in [0.25, 0.3) is 0 Å². The number of carboxylic acid groups (broad SMARTS) is 1. The molecular weight excluding hydrogens is 196 g/mol. The van der Waals surface area contributed by atoms with Crippen LogP contribution >= 0.6 is 0 Å². The highest BCUT2D eigenvalue weighted by Gasteiger charge is 2.08. The van der Waals surface area contributed by atoms with Gasteiger partial charge in [-0.05, 0) is 0 Å². The third-order valence-corrected chi connectivity index (χ3v) is 1.93. The van der Waals surface area contributed by atoms with Gasteiger partial charge in [0.2, 0.25) is 6.54 Å². The summed E-state index contributed by atoms with van der Waals surface area (Å²) in [4.78, 5) is 10.4. The molecule has 1 N–H and O–H groups in total. The highest BCUT2D eigenvalue weighted by Crippen LogP contribution is 2.15. The van der Waals surface area contributed by atoms with Gasteiger partial charge in [-0.1, -0.05) is 5.16 Å². The van der Waals surface area contributed by atoms with Crippen LogP contribution in [0, 0.1) is 0 Å². The summed E-state index contributed by atoms with van der Waals surface area (Å²) in [6.45, 7) is -0.0450. The summed E-state index contributed by atoms with van der Waals surface area (Å²) in [6, 6.07) is 5.31. The number of nitrogens with zero attached hydrogens (tertiary/aromatic N) is 2. The summed E-state index contributed by atoms with van der Waals surface area (Å²) in [6.07, 6.45) is 4.94. The maximum absolute atomic E-state index is 10.4. The zero-order valence-corrected chi connectivity index (χ0v) is 7.83. The van der Waals surface area contributed by atoms with Crippen LogP contribution in [-0.4, -0.2) is 16.2 Å². The maximum atomic E-state index is 10.4. The van der Waals surface area contributed by atoms with Crippen LogP contribution in [0.25, 0.3) is 11.3 Å². The third-order valence-electron chi connectivity index (χ3n) is 1.93. The molecule has 2 rings (SSSR count). The molecule has 0 unspecified atom stereocenters. The molecule has 0 atom stereocenters. The largest absolute Gasteiger partial charge is 0.477 e. The molecule has 0 aliphatic carbocycles. The Morgan fingerprint density at radius 2 is 2.13 bits per heavy atom. The van der Waals surface area contributed by atoms with Crippen LogP contribution in [0.4, 0.5) is 0 Å². The molecule has 76 valence electrons. The zero-order chi connectivity index (χ0) is 10.7. The van der Waals surface area contributed by atoms with Gasteiger partial charge in [-0.15, -0.1) is 0 Å². The van der Waals surface area contributed by atoms with Gasteiger partial charge in [-0.2, -0.15) is 4.57 Å². The molecule has 0 aliphatic rings. The average molecular weight is 205 g/mol. The molecule has 0 amide bonds. The Morgan fingerprint density at radius 3 is 2.67 bits per heavy atom. The van der Waals surface area contributed by atoms with E-state index in [-0.39, 0.29) is 6.54 Å².